The van der Waals surface area contributed by atoms with Gasteiger partial charge in [0, 0.05) is 10.4 Å². The van der Waals surface area contributed by atoms with E-state index in [-0.39, 0.29) is 6.10 Å². The molecule has 3 heteroatoms. The van der Waals surface area contributed by atoms with Gasteiger partial charge < -0.3 is 9.47 Å². The summed E-state index contributed by atoms with van der Waals surface area (Å²) in [6.07, 6.45) is 2.85. The minimum atomic E-state index is 0.282. The first kappa shape index (κ1) is 18.0. The quantitative estimate of drug-likeness (QED) is 0.457. The highest BCUT2D eigenvalue weighted by molar-refractivity contribution is 9.10. The number of benzene rings is 3. The van der Waals surface area contributed by atoms with Gasteiger partial charge in [0.15, 0.2) is 0 Å². The van der Waals surface area contributed by atoms with Crippen LogP contribution in [0, 0.1) is 5.92 Å². The number of halogens is 1. The highest BCUT2D eigenvalue weighted by Gasteiger charge is 2.41. The zero-order valence-electron chi connectivity index (χ0n) is 15.7. The first-order valence-electron chi connectivity index (χ1n) is 9.94. The molecule has 1 fully saturated rings. The van der Waals surface area contributed by atoms with E-state index in [2.05, 4.69) is 70.5 Å². The van der Waals surface area contributed by atoms with Gasteiger partial charge in [-0.25, -0.2) is 0 Å². The Balaban J connectivity index is 1.43. The van der Waals surface area contributed by atoms with Gasteiger partial charge in [0.1, 0.15) is 12.4 Å². The molecular formula is C25H23BrO2. The Morgan fingerprint density at radius 2 is 1.71 bits per heavy atom. The second kappa shape index (κ2) is 7.73. The number of hydrogen-bond donors (Lipinski definition) is 0. The second-order valence-corrected chi connectivity index (χ2v) is 8.69. The maximum atomic E-state index is 6.38. The molecule has 28 heavy (non-hydrogen) atoms. The van der Waals surface area contributed by atoms with Gasteiger partial charge in [-0.1, -0.05) is 64.5 Å². The maximum absolute atomic E-state index is 6.38. The number of rotatable bonds is 5. The van der Waals surface area contributed by atoms with Crippen LogP contribution in [0.4, 0.5) is 0 Å². The summed E-state index contributed by atoms with van der Waals surface area (Å²) in [4.78, 5) is 0. The van der Waals surface area contributed by atoms with Crippen molar-refractivity contribution >= 4 is 15.9 Å². The van der Waals surface area contributed by atoms with Gasteiger partial charge in [-0.3, -0.25) is 0 Å². The number of hydrogen-bond acceptors (Lipinski definition) is 2. The molecular weight excluding hydrogens is 412 g/mol. The molecule has 0 saturated heterocycles. The van der Waals surface area contributed by atoms with E-state index < -0.39 is 0 Å². The van der Waals surface area contributed by atoms with E-state index in [0.717, 1.165) is 10.2 Å². The molecule has 5 rings (SSSR count). The topological polar surface area (TPSA) is 18.5 Å². The Hall–Kier alpha value is -2.10. The van der Waals surface area contributed by atoms with Crippen molar-refractivity contribution in [3.8, 4) is 5.75 Å². The molecule has 2 atom stereocenters. The molecule has 1 aliphatic heterocycles. The largest absolute Gasteiger partial charge is 0.489 e. The lowest BCUT2D eigenvalue weighted by Crippen LogP contribution is -2.30. The van der Waals surface area contributed by atoms with E-state index in [1.54, 1.807) is 0 Å². The third-order valence-corrected chi connectivity index (χ3v) is 6.30. The Kier molecular flexibility index (Phi) is 4.96. The van der Waals surface area contributed by atoms with E-state index in [1.807, 2.05) is 18.2 Å². The SMILES string of the molecule is Brc1ccc(C2c3ccc(OCc4ccccc4)cc3COC2C2CC2)cc1. The van der Waals surface area contributed by atoms with Crippen molar-refractivity contribution in [2.75, 3.05) is 0 Å². The third-order valence-electron chi connectivity index (χ3n) is 5.77. The maximum Gasteiger partial charge on any atom is 0.120 e. The number of ether oxygens (including phenoxy) is 2. The average Bonchev–Trinajstić information content (AvgIpc) is 3.58. The first-order valence-corrected chi connectivity index (χ1v) is 10.7. The molecule has 1 saturated carbocycles. The lowest BCUT2D eigenvalue weighted by molar-refractivity contribution is 0.00209. The Morgan fingerprint density at radius 1 is 0.929 bits per heavy atom. The van der Waals surface area contributed by atoms with E-state index >= 15 is 0 Å². The Bertz CT molecular complexity index is 948. The smallest absolute Gasteiger partial charge is 0.120 e. The summed E-state index contributed by atoms with van der Waals surface area (Å²) in [5, 5.41) is 0. The normalized spacial score (nSPS) is 21.2. The predicted octanol–water partition coefficient (Wildman–Crippen LogP) is 6.47. The fourth-order valence-corrected chi connectivity index (χ4v) is 4.44. The van der Waals surface area contributed by atoms with E-state index in [0.29, 0.717) is 25.0 Å². The van der Waals surface area contributed by atoms with Crippen molar-refractivity contribution in [1.29, 1.82) is 0 Å². The molecule has 2 unspecified atom stereocenters. The summed E-state index contributed by atoms with van der Waals surface area (Å²) in [6, 6.07) is 25.5. The predicted molar refractivity (Wildman–Crippen MR) is 115 cm³/mol. The summed E-state index contributed by atoms with van der Waals surface area (Å²) >= 11 is 3.56. The van der Waals surface area contributed by atoms with Gasteiger partial charge in [-0.15, -0.1) is 0 Å². The zero-order valence-corrected chi connectivity index (χ0v) is 17.3. The molecule has 142 valence electrons. The first-order chi connectivity index (χ1) is 13.8. The van der Waals surface area contributed by atoms with Gasteiger partial charge in [-0.05, 0) is 65.3 Å². The van der Waals surface area contributed by atoms with Crippen LogP contribution in [0.25, 0.3) is 0 Å². The van der Waals surface area contributed by atoms with Crippen LogP contribution >= 0.6 is 15.9 Å². The van der Waals surface area contributed by atoms with Crippen LogP contribution in [0.2, 0.25) is 0 Å². The third kappa shape index (κ3) is 3.74. The van der Waals surface area contributed by atoms with Crippen molar-refractivity contribution in [3.05, 3.63) is 99.5 Å². The molecule has 0 amide bonds. The molecule has 0 bridgehead atoms. The minimum absolute atomic E-state index is 0.282. The fourth-order valence-electron chi connectivity index (χ4n) is 4.17. The fraction of sp³-hybridized carbons (Fsp3) is 0.280. The molecule has 0 aromatic heterocycles. The molecule has 1 aliphatic carbocycles. The molecule has 0 radical (unpaired) electrons. The second-order valence-electron chi connectivity index (χ2n) is 7.78. The molecule has 2 nitrogen and oxygen atoms in total. The molecule has 2 aliphatic rings. The summed E-state index contributed by atoms with van der Waals surface area (Å²) in [7, 11) is 0. The Labute approximate surface area is 174 Å². The molecule has 3 aromatic carbocycles. The van der Waals surface area contributed by atoms with Crippen LogP contribution in [0.1, 0.15) is 41.0 Å². The number of fused-ring (bicyclic) bond motifs is 1. The summed E-state index contributed by atoms with van der Waals surface area (Å²) < 4.78 is 13.5. The van der Waals surface area contributed by atoms with Crippen LogP contribution in [0.3, 0.4) is 0 Å². The molecule has 0 spiro atoms. The molecule has 1 heterocycles. The standard InChI is InChI=1S/C25H23BrO2/c26-21-10-8-18(9-11-21)24-23-13-12-22(27-15-17-4-2-1-3-5-17)14-20(23)16-28-25(24)19-6-7-19/h1-5,8-14,19,24-25H,6-7,15-16H2. The minimum Gasteiger partial charge on any atom is -0.489 e. The van der Waals surface area contributed by atoms with Crippen LogP contribution in [-0.2, 0) is 18.0 Å². The van der Waals surface area contributed by atoms with Gasteiger partial charge >= 0.3 is 0 Å². The van der Waals surface area contributed by atoms with Crippen LogP contribution in [0.15, 0.2) is 77.3 Å². The van der Waals surface area contributed by atoms with Crippen LogP contribution in [0.5, 0.6) is 5.75 Å². The van der Waals surface area contributed by atoms with Gasteiger partial charge in [-0.2, -0.15) is 0 Å². The van der Waals surface area contributed by atoms with Gasteiger partial charge in [0.2, 0.25) is 0 Å². The van der Waals surface area contributed by atoms with Crippen molar-refractivity contribution in [2.24, 2.45) is 5.92 Å². The van der Waals surface area contributed by atoms with Gasteiger partial charge in [0.25, 0.3) is 0 Å². The van der Waals surface area contributed by atoms with Crippen molar-refractivity contribution in [1.82, 2.24) is 0 Å². The van der Waals surface area contributed by atoms with Crippen molar-refractivity contribution in [3.63, 3.8) is 0 Å². The summed E-state index contributed by atoms with van der Waals surface area (Å²) in [6.45, 7) is 1.26. The van der Waals surface area contributed by atoms with Crippen LogP contribution in [-0.4, -0.2) is 6.10 Å². The highest BCUT2D eigenvalue weighted by atomic mass is 79.9. The van der Waals surface area contributed by atoms with Gasteiger partial charge in [0.05, 0.1) is 12.7 Å². The zero-order chi connectivity index (χ0) is 18.9. The van der Waals surface area contributed by atoms with E-state index in [9.17, 15) is 0 Å². The lowest BCUT2D eigenvalue weighted by Gasteiger charge is -2.34. The lowest BCUT2D eigenvalue weighted by atomic mass is 9.80. The molecule has 3 aromatic rings. The van der Waals surface area contributed by atoms with Crippen molar-refractivity contribution < 1.29 is 9.47 Å². The van der Waals surface area contributed by atoms with Crippen LogP contribution < -0.4 is 4.74 Å². The van der Waals surface area contributed by atoms with Crippen molar-refractivity contribution in [2.45, 2.75) is 38.1 Å². The van der Waals surface area contributed by atoms with E-state index in [1.165, 1.54) is 35.1 Å². The monoisotopic (exact) mass is 434 g/mol. The Morgan fingerprint density at radius 3 is 2.46 bits per heavy atom. The summed E-state index contributed by atoms with van der Waals surface area (Å²) in [5.41, 5.74) is 5.14. The summed E-state index contributed by atoms with van der Waals surface area (Å²) in [5.74, 6) is 1.90. The molecule has 0 N–H and O–H groups in total. The average molecular weight is 435 g/mol. The highest BCUT2D eigenvalue weighted by Crippen LogP contribution is 2.47. The van der Waals surface area contributed by atoms with E-state index in [4.69, 9.17) is 9.47 Å².